The molecule has 0 spiro atoms. The van der Waals surface area contributed by atoms with Crippen LogP contribution in [-0.4, -0.2) is 17.4 Å². The zero-order valence-electron chi connectivity index (χ0n) is 13.3. The molecule has 7 heteroatoms. The van der Waals surface area contributed by atoms with E-state index in [1.807, 2.05) is 0 Å². The van der Waals surface area contributed by atoms with Crippen LogP contribution in [0.15, 0.2) is 42.6 Å². The number of alkyl halides is 3. The fourth-order valence-corrected chi connectivity index (χ4v) is 1.89. The molecule has 0 saturated heterocycles. The van der Waals surface area contributed by atoms with Gasteiger partial charge in [-0.05, 0) is 42.3 Å². The number of hydrogen-bond donors (Lipinski definition) is 2. The number of nitrogens with zero attached hydrogens (tertiary/aromatic N) is 1. The number of hydrogen-bond acceptors (Lipinski definition) is 3. The van der Waals surface area contributed by atoms with Gasteiger partial charge in [0.05, 0.1) is 17.4 Å². The zero-order valence-corrected chi connectivity index (χ0v) is 13.3. The summed E-state index contributed by atoms with van der Waals surface area (Å²) >= 11 is 0. The molecule has 128 valence electrons. The Hall–Kier alpha value is -2.57. The smallest absolute Gasteiger partial charge is 0.384 e. The van der Waals surface area contributed by atoms with Gasteiger partial charge in [0.25, 0.3) is 5.91 Å². The molecule has 0 aliphatic rings. The highest BCUT2D eigenvalue weighted by atomic mass is 19.4. The van der Waals surface area contributed by atoms with Crippen LogP contribution in [0.5, 0.6) is 0 Å². The SMILES string of the molecule is CC(C)CNc1ccc(NC(=O)c2ccc(C(F)(F)F)cc2)nc1. The minimum atomic E-state index is -4.42. The third-order valence-corrected chi connectivity index (χ3v) is 3.19. The molecule has 0 saturated carbocycles. The molecule has 0 radical (unpaired) electrons. The number of nitrogens with one attached hydrogen (secondary N) is 2. The Labute approximate surface area is 138 Å². The quantitative estimate of drug-likeness (QED) is 0.849. The Morgan fingerprint density at radius 2 is 1.79 bits per heavy atom. The number of halogens is 3. The minimum Gasteiger partial charge on any atom is -0.384 e. The summed E-state index contributed by atoms with van der Waals surface area (Å²) in [6.07, 6.45) is -2.83. The monoisotopic (exact) mass is 337 g/mol. The van der Waals surface area contributed by atoms with Crippen molar-refractivity contribution in [2.75, 3.05) is 17.2 Å². The number of carbonyl (C=O) groups excluding carboxylic acids is 1. The van der Waals surface area contributed by atoms with Gasteiger partial charge < -0.3 is 10.6 Å². The summed E-state index contributed by atoms with van der Waals surface area (Å²) in [7, 11) is 0. The van der Waals surface area contributed by atoms with Crippen molar-refractivity contribution < 1.29 is 18.0 Å². The highest BCUT2D eigenvalue weighted by molar-refractivity contribution is 6.03. The molecule has 0 bridgehead atoms. The van der Waals surface area contributed by atoms with Crippen LogP contribution < -0.4 is 10.6 Å². The number of carbonyl (C=O) groups is 1. The van der Waals surface area contributed by atoms with E-state index >= 15 is 0 Å². The molecule has 0 aliphatic carbocycles. The fraction of sp³-hybridized carbons (Fsp3) is 0.294. The molecular weight excluding hydrogens is 319 g/mol. The number of pyridine rings is 1. The molecular formula is C17H18F3N3O. The normalized spacial score (nSPS) is 11.4. The predicted molar refractivity (Wildman–Crippen MR) is 87.0 cm³/mol. The molecule has 1 aromatic carbocycles. The maximum absolute atomic E-state index is 12.5. The van der Waals surface area contributed by atoms with Crippen LogP contribution in [-0.2, 0) is 6.18 Å². The van der Waals surface area contributed by atoms with Crippen molar-refractivity contribution in [3.8, 4) is 0 Å². The first-order chi connectivity index (χ1) is 11.3. The van der Waals surface area contributed by atoms with E-state index in [2.05, 4.69) is 29.5 Å². The Balaban J connectivity index is 1.99. The summed E-state index contributed by atoms with van der Waals surface area (Å²) in [6, 6.07) is 7.43. The van der Waals surface area contributed by atoms with Crippen LogP contribution in [0.3, 0.4) is 0 Å². The van der Waals surface area contributed by atoms with Gasteiger partial charge in [-0.2, -0.15) is 13.2 Å². The summed E-state index contributed by atoms with van der Waals surface area (Å²) in [5.41, 5.74) is 0.167. The van der Waals surface area contributed by atoms with Crippen molar-refractivity contribution in [1.29, 1.82) is 0 Å². The zero-order chi connectivity index (χ0) is 17.7. The lowest BCUT2D eigenvalue weighted by molar-refractivity contribution is -0.137. The van der Waals surface area contributed by atoms with Gasteiger partial charge in [-0.25, -0.2) is 4.98 Å². The topological polar surface area (TPSA) is 54.0 Å². The molecule has 0 aliphatic heterocycles. The maximum Gasteiger partial charge on any atom is 0.416 e. The van der Waals surface area contributed by atoms with Crippen molar-refractivity contribution in [2.24, 2.45) is 5.92 Å². The number of amides is 1. The van der Waals surface area contributed by atoms with Gasteiger partial charge in [0.1, 0.15) is 5.82 Å². The molecule has 0 atom stereocenters. The third kappa shape index (κ3) is 4.97. The van der Waals surface area contributed by atoms with Gasteiger partial charge in [-0.1, -0.05) is 13.8 Å². The lowest BCUT2D eigenvalue weighted by Crippen LogP contribution is -2.14. The van der Waals surface area contributed by atoms with E-state index in [1.165, 1.54) is 0 Å². The number of benzene rings is 1. The lowest BCUT2D eigenvalue weighted by Gasteiger charge is -2.10. The van der Waals surface area contributed by atoms with E-state index in [0.717, 1.165) is 36.5 Å². The molecule has 2 aromatic rings. The number of aromatic nitrogens is 1. The molecule has 2 rings (SSSR count). The second-order valence-corrected chi connectivity index (χ2v) is 5.74. The number of anilines is 2. The highest BCUT2D eigenvalue weighted by Crippen LogP contribution is 2.29. The van der Waals surface area contributed by atoms with Gasteiger partial charge in [0.2, 0.25) is 0 Å². The molecule has 0 unspecified atom stereocenters. The fourth-order valence-electron chi connectivity index (χ4n) is 1.89. The second kappa shape index (κ2) is 7.33. The summed E-state index contributed by atoms with van der Waals surface area (Å²) in [5, 5.41) is 5.74. The average Bonchev–Trinajstić information content (AvgIpc) is 2.53. The Morgan fingerprint density at radius 1 is 1.12 bits per heavy atom. The molecule has 1 amide bonds. The highest BCUT2D eigenvalue weighted by Gasteiger charge is 2.30. The Kier molecular flexibility index (Phi) is 5.43. The van der Waals surface area contributed by atoms with Gasteiger partial charge in [0, 0.05) is 12.1 Å². The van der Waals surface area contributed by atoms with Crippen molar-refractivity contribution in [1.82, 2.24) is 4.98 Å². The van der Waals surface area contributed by atoms with E-state index in [0.29, 0.717) is 11.7 Å². The number of rotatable bonds is 5. The Morgan fingerprint density at radius 3 is 2.29 bits per heavy atom. The van der Waals surface area contributed by atoms with Gasteiger partial charge >= 0.3 is 6.18 Å². The van der Waals surface area contributed by atoms with E-state index in [9.17, 15) is 18.0 Å². The van der Waals surface area contributed by atoms with Crippen LogP contribution in [0.1, 0.15) is 29.8 Å². The summed E-state index contributed by atoms with van der Waals surface area (Å²) in [6.45, 7) is 4.97. The average molecular weight is 337 g/mol. The maximum atomic E-state index is 12.5. The van der Waals surface area contributed by atoms with Crippen LogP contribution in [0, 0.1) is 5.92 Å². The minimum absolute atomic E-state index is 0.131. The van der Waals surface area contributed by atoms with Gasteiger partial charge in [-0.15, -0.1) is 0 Å². The summed E-state index contributed by atoms with van der Waals surface area (Å²) < 4.78 is 37.5. The van der Waals surface area contributed by atoms with Crippen molar-refractivity contribution in [3.05, 3.63) is 53.7 Å². The first-order valence-corrected chi connectivity index (χ1v) is 7.44. The van der Waals surface area contributed by atoms with E-state index < -0.39 is 17.6 Å². The van der Waals surface area contributed by atoms with Gasteiger partial charge in [-0.3, -0.25) is 4.79 Å². The summed E-state index contributed by atoms with van der Waals surface area (Å²) in [4.78, 5) is 16.1. The first-order valence-electron chi connectivity index (χ1n) is 7.44. The van der Waals surface area contributed by atoms with Crippen LogP contribution in [0.4, 0.5) is 24.7 Å². The first kappa shape index (κ1) is 17.8. The van der Waals surface area contributed by atoms with E-state index in [-0.39, 0.29) is 5.56 Å². The standard InChI is InChI=1S/C17H18F3N3O/c1-11(2)9-21-14-7-8-15(22-10-14)23-16(24)12-3-5-13(6-4-12)17(18,19)20/h3-8,10-11,21H,9H2,1-2H3,(H,22,23,24). The van der Waals surface area contributed by atoms with Gasteiger partial charge in [0.15, 0.2) is 0 Å². The van der Waals surface area contributed by atoms with Crippen molar-refractivity contribution in [3.63, 3.8) is 0 Å². The van der Waals surface area contributed by atoms with E-state index in [4.69, 9.17) is 0 Å². The van der Waals surface area contributed by atoms with Crippen molar-refractivity contribution >= 4 is 17.4 Å². The molecule has 0 fully saturated rings. The molecule has 2 N–H and O–H groups in total. The predicted octanol–water partition coefficient (Wildman–Crippen LogP) is 4.42. The third-order valence-electron chi connectivity index (χ3n) is 3.19. The largest absolute Gasteiger partial charge is 0.416 e. The molecule has 24 heavy (non-hydrogen) atoms. The molecule has 1 heterocycles. The van der Waals surface area contributed by atoms with Crippen LogP contribution in [0.25, 0.3) is 0 Å². The molecule has 4 nitrogen and oxygen atoms in total. The molecule has 1 aromatic heterocycles. The van der Waals surface area contributed by atoms with Crippen LogP contribution >= 0.6 is 0 Å². The van der Waals surface area contributed by atoms with Crippen molar-refractivity contribution in [2.45, 2.75) is 20.0 Å². The lowest BCUT2D eigenvalue weighted by atomic mass is 10.1. The van der Waals surface area contributed by atoms with E-state index in [1.54, 1.807) is 18.3 Å². The Bertz CT molecular complexity index is 680. The van der Waals surface area contributed by atoms with Crippen LogP contribution in [0.2, 0.25) is 0 Å². The summed E-state index contributed by atoms with van der Waals surface area (Å²) in [5.74, 6) is 0.304. The second-order valence-electron chi connectivity index (χ2n) is 5.74.